The van der Waals surface area contributed by atoms with Crippen LogP contribution in [0.25, 0.3) is 0 Å². The molecule has 1 saturated heterocycles. The van der Waals surface area contributed by atoms with Gasteiger partial charge in [-0.25, -0.2) is 9.36 Å². The molecule has 5 nitrogen and oxygen atoms in total. The van der Waals surface area contributed by atoms with Crippen LogP contribution >= 0.6 is 0 Å². The van der Waals surface area contributed by atoms with Crippen LogP contribution in [0.2, 0.25) is 0 Å². The highest BCUT2D eigenvalue weighted by atomic mass is 79.9. The van der Waals surface area contributed by atoms with Crippen molar-refractivity contribution in [1.29, 1.82) is 0 Å². The molecule has 0 bridgehead atoms. The Hall–Kier alpha value is -1.43. The fourth-order valence-electron chi connectivity index (χ4n) is 2.62. The van der Waals surface area contributed by atoms with Crippen LogP contribution in [0.15, 0.2) is 30.6 Å². The average molecular weight is 357 g/mol. The molecular weight excluding hydrogens is 336 g/mol. The summed E-state index contributed by atoms with van der Waals surface area (Å²) >= 11 is 0. The van der Waals surface area contributed by atoms with Gasteiger partial charge in [0.05, 0.1) is 0 Å². The highest BCUT2D eigenvalue weighted by Crippen LogP contribution is 2.19. The van der Waals surface area contributed by atoms with Gasteiger partial charge >= 0.3 is 5.97 Å². The zero-order valence-electron chi connectivity index (χ0n) is 11.9. The third-order valence-corrected chi connectivity index (χ3v) is 3.69. The SMILES string of the molecule is O=C(O)C1CCCN1C(=O)CCCC[n+]1ccccc1.[Br-]. The van der Waals surface area contributed by atoms with E-state index in [0.29, 0.717) is 19.4 Å². The Morgan fingerprint density at radius 3 is 2.57 bits per heavy atom. The first kappa shape index (κ1) is 17.6. The highest BCUT2D eigenvalue weighted by Gasteiger charge is 2.33. The van der Waals surface area contributed by atoms with Crippen molar-refractivity contribution >= 4 is 11.9 Å². The van der Waals surface area contributed by atoms with Crippen LogP contribution in [-0.2, 0) is 16.1 Å². The third-order valence-electron chi connectivity index (χ3n) is 3.69. The number of carboxylic acid groups (broad SMARTS) is 1. The Bertz CT molecular complexity index is 467. The van der Waals surface area contributed by atoms with Crippen molar-refractivity contribution in [2.24, 2.45) is 0 Å². The molecule has 2 rings (SSSR count). The molecule has 1 unspecified atom stereocenters. The van der Waals surface area contributed by atoms with Crippen molar-refractivity contribution in [3.8, 4) is 0 Å². The summed E-state index contributed by atoms with van der Waals surface area (Å²) in [5.74, 6) is -0.899. The van der Waals surface area contributed by atoms with Crippen molar-refractivity contribution in [2.75, 3.05) is 6.54 Å². The second-order valence-corrected chi connectivity index (χ2v) is 5.15. The summed E-state index contributed by atoms with van der Waals surface area (Å²) in [5, 5.41) is 9.06. The molecule has 1 aliphatic rings. The first-order chi connectivity index (χ1) is 9.68. The number of carbonyl (C=O) groups excluding carboxylic acids is 1. The Morgan fingerprint density at radius 1 is 1.19 bits per heavy atom. The Balaban J connectivity index is 0.00000220. The van der Waals surface area contributed by atoms with Crippen molar-refractivity contribution in [3.05, 3.63) is 30.6 Å². The molecule has 2 heterocycles. The molecule has 1 aromatic heterocycles. The van der Waals surface area contributed by atoms with Crippen molar-refractivity contribution in [1.82, 2.24) is 4.90 Å². The van der Waals surface area contributed by atoms with E-state index in [1.165, 1.54) is 4.90 Å². The number of likely N-dealkylation sites (tertiary alicyclic amines) is 1. The Morgan fingerprint density at radius 2 is 1.90 bits per heavy atom. The second-order valence-electron chi connectivity index (χ2n) is 5.15. The van der Waals surface area contributed by atoms with Gasteiger partial charge in [-0.2, -0.15) is 0 Å². The number of carboxylic acids is 1. The fourth-order valence-corrected chi connectivity index (χ4v) is 2.62. The lowest BCUT2D eigenvalue weighted by Gasteiger charge is -2.21. The number of unbranched alkanes of at least 4 members (excludes halogenated alkanes) is 1. The van der Waals surface area contributed by atoms with E-state index in [1.54, 1.807) is 0 Å². The maximum absolute atomic E-state index is 12.0. The van der Waals surface area contributed by atoms with Crippen LogP contribution < -0.4 is 21.5 Å². The maximum atomic E-state index is 12.0. The average Bonchev–Trinajstić information content (AvgIpc) is 2.94. The molecule has 1 aromatic rings. The molecule has 6 heteroatoms. The highest BCUT2D eigenvalue weighted by molar-refractivity contribution is 5.84. The number of hydrogen-bond donors (Lipinski definition) is 1. The zero-order chi connectivity index (χ0) is 14.4. The molecule has 0 aliphatic carbocycles. The maximum Gasteiger partial charge on any atom is 0.326 e. The number of nitrogens with zero attached hydrogens (tertiary/aromatic N) is 2. The first-order valence-electron chi connectivity index (χ1n) is 7.15. The Kier molecular flexibility index (Phi) is 7.36. The molecule has 0 spiro atoms. The normalized spacial score (nSPS) is 17.3. The number of aromatic nitrogens is 1. The van der Waals surface area contributed by atoms with Crippen LogP contribution in [-0.4, -0.2) is 34.5 Å². The minimum absolute atomic E-state index is 0. The number of halogens is 1. The standard InChI is InChI=1S/C15H20N2O3.BrH/c18-14(17-12-6-7-13(17)15(19)20)8-2-5-11-16-9-3-1-4-10-16;/h1,3-4,9-10,13H,2,5-8,11-12H2;1H. The molecule has 1 N–H and O–H groups in total. The summed E-state index contributed by atoms with van der Waals surface area (Å²) in [6.07, 6.45) is 7.54. The van der Waals surface area contributed by atoms with Crippen molar-refractivity contribution < 1.29 is 36.2 Å². The number of aliphatic carboxylic acids is 1. The predicted octanol–water partition coefficient (Wildman–Crippen LogP) is -1.78. The number of aryl methyl sites for hydroxylation is 1. The summed E-state index contributed by atoms with van der Waals surface area (Å²) in [4.78, 5) is 24.6. The van der Waals surface area contributed by atoms with Crippen LogP contribution in [0, 0.1) is 0 Å². The summed E-state index contributed by atoms with van der Waals surface area (Å²) in [6.45, 7) is 1.47. The van der Waals surface area contributed by atoms with Gasteiger partial charge in [-0.1, -0.05) is 6.07 Å². The molecule has 21 heavy (non-hydrogen) atoms. The van der Waals surface area contributed by atoms with E-state index in [2.05, 4.69) is 4.57 Å². The number of pyridine rings is 1. The number of hydrogen-bond acceptors (Lipinski definition) is 2. The molecule has 116 valence electrons. The zero-order valence-corrected chi connectivity index (χ0v) is 13.5. The van der Waals surface area contributed by atoms with E-state index in [1.807, 2.05) is 30.6 Å². The minimum Gasteiger partial charge on any atom is -1.00 e. The van der Waals surface area contributed by atoms with Gasteiger partial charge < -0.3 is 27.0 Å². The van der Waals surface area contributed by atoms with Crippen LogP contribution in [0.5, 0.6) is 0 Å². The second kappa shape index (κ2) is 8.77. The topological polar surface area (TPSA) is 61.5 Å². The molecule has 1 atom stereocenters. The van der Waals surface area contributed by atoms with Crippen LogP contribution in [0.3, 0.4) is 0 Å². The lowest BCUT2D eigenvalue weighted by atomic mass is 10.2. The number of amides is 1. The van der Waals surface area contributed by atoms with Gasteiger partial charge in [0.15, 0.2) is 12.4 Å². The van der Waals surface area contributed by atoms with E-state index in [9.17, 15) is 9.59 Å². The van der Waals surface area contributed by atoms with E-state index in [-0.39, 0.29) is 22.9 Å². The van der Waals surface area contributed by atoms with Gasteiger partial charge in [-0.05, 0) is 19.3 Å². The van der Waals surface area contributed by atoms with Gasteiger partial charge in [-0.15, -0.1) is 0 Å². The van der Waals surface area contributed by atoms with Crippen LogP contribution in [0.1, 0.15) is 32.1 Å². The summed E-state index contributed by atoms with van der Waals surface area (Å²) in [7, 11) is 0. The molecular formula is C15H21BrN2O3. The molecule has 0 aromatic carbocycles. The summed E-state index contributed by atoms with van der Waals surface area (Å²) in [6, 6.07) is 5.32. The molecule has 0 radical (unpaired) electrons. The number of carbonyl (C=O) groups is 2. The lowest BCUT2D eigenvalue weighted by molar-refractivity contribution is -0.697. The molecule has 1 amide bonds. The third kappa shape index (κ3) is 5.12. The van der Waals surface area contributed by atoms with Gasteiger partial charge in [-0.3, -0.25) is 4.79 Å². The fraction of sp³-hybridized carbons (Fsp3) is 0.533. The Labute approximate surface area is 135 Å². The smallest absolute Gasteiger partial charge is 0.326 e. The number of rotatable bonds is 6. The summed E-state index contributed by atoms with van der Waals surface area (Å²) in [5.41, 5.74) is 0. The van der Waals surface area contributed by atoms with Gasteiger partial charge in [0, 0.05) is 31.5 Å². The van der Waals surface area contributed by atoms with Gasteiger partial charge in [0.25, 0.3) is 0 Å². The van der Waals surface area contributed by atoms with Crippen LogP contribution in [0.4, 0.5) is 0 Å². The molecule has 0 saturated carbocycles. The van der Waals surface area contributed by atoms with Crippen molar-refractivity contribution in [2.45, 2.75) is 44.7 Å². The lowest BCUT2D eigenvalue weighted by Crippen LogP contribution is -3.00. The largest absolute Gasteiger partial charge is 1.00 e. The van der Waals surface area contributed by atoms with Gasteiger partial charge in [0.2, 0.25) is 5.91 Å². The van der Waals surface area contributed by atoms with Gasteiger partial charge in [0.1, 0.15) is 12.6 Å². The summed E-state index contributed by atoms with van der Waals surface area (Å²) < 4.78 is 2.08. The van der Waals surface area contributed by atoms with Crippen molar-refractivity contribution in [3.63, 3.8) is 0 Å². The monoisotopic (exact) mass is 356 g/mol. The van der Waals surface area contributed by atoms with E-state index in [0.717, 1.165) is 25.8 Å². The van der Waals surface area contributed by atoms with E-state index < -0.39 is 12.0 Å². The minimum atomic E-state index is -0.879. The quantitative estimate of drug-likeness (QED) is 0.484. The first-order valence-corrected chi connectivity index (χ1v) is 7.15. The predicted molar refractivity (Wildman–Crippen MR) is 72.9 cm³/mol. The molecule has 1 aliphatic heterocycles. The van der Waals surface area contributed by atoms with E-state index in [4.69, 9.17) is 5.11 Å². The molecule has 1 fully saturated rings. The van der Waals surface area contributed by atoms with E-state index >= 15 is 0 Å².